The fraction of sp³-hybridized carbons (Fsp3) is 0.414. The van der Waals surface area contributed by atoms with Gasteiger partial charge in [-0.3, -0.25) is 9.59 Å². The van der Waals surface area contributed by atoms with Crippen molar-refractivity contribution in [1.29, 1.82) is 0 Å². The highest BCUT2D eigenvalue weighted by atomic mass is 17.2. The van der Waals surface area contributed by atoms with Crippen LogP contribution in [0.1, 0.15) is 72.0 Å². The molecule has 0 bridgehead atoms. The third kappa shape index (κ3) is 7.03. The molecule has 0 aliphatic carbocycles. The molecule has 1 N–H and O–H groups in total. The zero-order valence-electron chi connectivity index (χ0n) is 24.4. The summed E-state index contributed by atoms with van der Waals surface area (Å²) in [4.78, 5) is 74.8. The van der Waals surface area contributed by atoms with Crippen LogP contribution in [0.2, 0.25) is 0 Å². The molecule has 0 heterocycles. The molecule has 2 aromatic carbocycles. The molecule has 2 rings (SSSR count). The van der Waals surface area contributed by atoms with Gasteiger partial charge in [0, 0.05) is 5.56 Å². The van der Waals surface area contributed by atoms with Gasteiger partial charge < -0.3 is 9.47 Å². The van der Waals surface area contributed by atoms with Crippen LogP contribution in [0.5, 0.6) is 5.75 Å². The summed E-state index contributed by atoms with van der Waals surface area (Å²) in [6.45, 7) is 12.2. The Labute approximate surface area is 233 Å². The molecule has 0 saturated carbocycles. The monoisotopic (exact) mass is 557 g/mol. The minimum atomic E-state index is -1.41. The van der Waals surface area contributed by atoms with Crippen LogP contribution in [0.15, 0.2) is 36.4 Å². The van der Waals surface area contributed by atoms with Gasteiger partial charge >= 0.3 is 23.9 Å². The number of methoxy groups -OCH3 is 1. The number of hydrogen-bond acceptors (Lipinski definition) is 9. The summed E-state index contributed by atoms with van der Waals surface area (Å²) in [6.07, 6.45) is -1.39. The number of amides is 3. The van der Waals surface area contributed by atoms with Crippen LogP contribution in [0.25, 0.3) is 0 Å². The van der Waals surface area contributed by atoms with Gasteiger partial charge in [0.1, 0.15) is 11.3 Å². The predicted molar refractivity (Wildman–Crippen MR) is 144 cm³/mol. The quantitative estimate of drug-likeness (QED) is 0.235. The molecule has 11 nitrogen and oxygen atoms in total. The summed E-state index contributed by atoms with van der Waals surface area (Å²) in [7, 11) is 1.45. The molecule has 0 radical (unpaired) electrons. The highest BCUT2D eigenvalue weighted by Gasteiger charge is 2.60. The third-order valence-corrected chi connectivity index (χ3v) is 6.08. The molecule has 1 atom stereocenters. The van der Waals surface area contributed by atoms with Gasteiger partial charge in [-0.2, -0.15) is 15.1 Å². The number of imide groups is 1. The summed E-state index contributed by atoms with van der Waals surface area (Å²) in [6, 6.07) is 9.76. The lowest BCUT2D eigenvalue weighted by Gasteiger charge is -2.40. The van der Waals surface area contributed by atoms with Crippen LogP contribution < -0.4 is 10.2 Å². The summed E-state index contributed by atoms with van der Waals surface area (Å²) in [5.41, 5.74) is 3.42. The Morgan fingerprint density at radius 1 is 0.925 bits per heavy atom. The van der Waals surface area contributed by atoms with Crippen molar-refractivity contribution in [3.63, 3.8) is 0 Å². The number of nitrogens with zero attached hydrogens (tertiary/aromatic N) is 1. The predicted octanol–water partition coefficient (Wildman–Crippen LogP) is 4.51. The first-order valence-electron chi connectivity index (χ1n) is 12.6. The fourth-order valence-corrected chi connectivity index (χ4v) is 3.97. The second-order valence-electron chi connectivity index (χ2n) is 10.7. The van der Waals surface area contributed by atoms with E-state index < -0.39 is 52.5 Å². The number of esters is 1. The molecule has 3 amide bonds. The van der Waals surface area contributed by atoms with Gasteiger partial charge in [0.25, 0.3) is 5.91 Å². The third-order valence-electron chi connectivity index (χ3n) is 6.08. The van der Waals surface area contributed by atoms with E-state index in [0.717, 1.165) is 11.1 Å². The van der Waals surface area contributed by atoms with Crippen LogP contribution in [0, 0.1) is 26.7 Å². The first-order valence-corrected chi connectivity index (χ1v) is 12.6. The number of rotatable bonds is 6. The molecular weight excluding hydrogens is 520 g/mol. The van der Waals surface area contributed by atoms with Gasteiger partial charge in [-0.25, -0.2) is 14.5 Å². The normalized spacial score (nSPS) is 12.7. The number of carbonyl (C=O) groups is 5. The molecule has 40 heavy (non-hydrogen) atoms. The molecule has 0 spiro atoms. The van der Waals surface area contributed by atoms with E-state index in [-0.39, 0.29) is 11.1 Å². The van der Waals surface area contributed by atoms with Gasteiger partial charge in [0.2, 0.25) is 0 Å². The SMILES string of the molecule is COc1cccc(C(=O)N[N+](C(=O)OOC(=O)COC(=O)C(C)C)(C(=O)c2cc(C)cc(C)c2)C(C)(C)C)c1C. The number of nitrogens with one attached hydrogen (secondary N) is 1. The lowest BCUT2D eigenvalue weighted by Crippen LogP contribution is -2.74. The molecule has 11 heteroatoms. The molecule has 2 aromatic rings. The number of hydrogen-bond donors (Lipinski definition) is 1. The van der Waals surface area contributed by atoms with E-state index in [1.54, 1.807) is 79.7 Å². The van der Waals surface area contributed by atoms with Crippen molar-refractivity contribution in [2.24, 2.45) is 5.92 Å². The maximum absolute atomic E-state index is 14.2. The number of quaternary nitrogens is 1. The number of benzene rings is 2. The van der Waals surface area contributed by atoms with Crippen molar-refractivity contribution >= 4 is 29.8 Å². The molecular formula is C29H37N2O9+. The standard InChI is InChI=1S/C29H36N2O9/c1-17(2)27(35)38-16-24(32)39-40-28(36)31(29(6,7)8,26(34)21-14-18(3)13-19(4)15-21)30-25(33)22-11-10-12-23(37-9)20(22)5/h10-15,17H,16H2,1-9H3/p+1. The van der Waals surface area contributed by atoms with Crippen LogP contribution in [-0.2, 0) is 24.1 Å². The average molecular weight is 558 g/mol. The lowest BCUT2D eigenvalue weighted by atomic mass is 10.00. The van der Waals surface area contributed by atoms with E-state index in [1.807, 2.05) is 6.07 Å². The summed E-state index contributed by atoms with van der Waals surface area (Å²) in [5.74, 6) is -3.53. The molecule has 0 aliphatic rings. The Kier molecular flexibility index (Phi) is 10.2. The van der Waals surface area contributed by atoms with Gasteiger partial charge in [-0.15, -0.1) is 0 Å². The molecule has 1 unspecified atom stereocenters. The average Bonchev–Trinajstić information content (AvgIpc) is 2.87. The van der Waals surface area contributed by atoms with E-state index in [1.165, 1.54) is 13.2 Å². The van der Waals surface area contributed by atoms with Gasteiger partial charge in [-0.05, 0) is 81.5 Å². The fourth-order valence-electron chi connectivity index (χ4n) is 3.97. The summed E-state index contributed by atoms with van der Waals surface area (Å²) < 4.78 is 8.69. The number of aryl methyl sites for hydroxylation is 2. The summed E-state index contributed by atoms with van der Waals surface area (Å²) >= 11 is 0. The van der Waals surface area contributed by atoms with E-state index >= 15 is 0 Å². The van der Waals surface area contributed by atoms with Crippen LogP contribution in [0.4, 0.5) is 4.79 Å². The highest BCUT2D eigenvalue weighted by molar-refractivity contribution is 6.00. The highest BCUT2D eigenvalue weighted by Crippen LogP contribution is 2.30. The molecule has 0 fully saturated rings. The minimum Gasteiger partial charge on any atom is -0.496 e. The Morgan fingerprint density at radius 3 is 2.05 bits per heavy atom. The smallest absolute Gasteiger partial charge is 0.496 e. The van der Waals surface area contributed by atoms with Gasteiger partial charge in [0.15, 0.2) is 6.61 Å². The van der Waals surface area contributed by atoms with E-state index in [9.17, 15) is 24.0 Å². The Morgan fingerprint density at radius 2 is 1.52 bits per heavy atom. The number of ether oxygens (including phenoxy) is 2. The first-order chi connectivity index (χ1) is 18.5. The Hall–Kier alpha value is -4.25. The van der Waals surface area contributed by atoms with Crippen molar-refractivity contribution in [2.45, 2.75) is 60.9 Å². The lowest BCUT2D eigenvalue weighted by molar-refractivity contribution is -0.864. The van der Waals surface area contributed by atoms with E-state index in [4.69, 9.17) is 14.4 Å². The van der Waals surface area contributed by atoms with E-state index in [2.05, 4.69) is 10.3 Å². The Bertz CT molecular complexity index is 1290. The van der Waals surface area contributed by atoms with Crippen LogP contribution in [0.3, 0.4) is 0 Å². The Balaban J connectivity index is 2.57. The van der Waals surface area contributed by atoms with Crippen LogP contribution >= 0.6 is 0 Å². The van der Waals surface area contributed by atoms with Crippen LogP contribution in [-0.4, -0.2) is 53.7 Å². The van der Waals surface area contributed by atoms with Crippen molar-refractivity contribution in [3.05, 3.63) is 64.2 Å². The molecule has 216 valence electrons. The maximum Gasteiger partial charge on any atom is 0.591 e. The first kappa shape index (κ1) is 32.0. The van der Waals surface area contributed by atoms with Crippen molar-refractivity contribution < 1.29 is 47.8 Å². The van der Waals surface area contributed by atoms with E-state index in [0.29, 0.717) is 11.3 Å². The molecule has 0 saturated heterocycles. The zero-order chi connectivity index (χ0) is 30.4. The van der Waals surface area contributed by atoms with Crippen molar-refractivity contribution in [1.82, 2.24) is 5.43 Å². The van der Waals surface area contributed by atoms with Crippen molar-refractivity contribution in [3.8, 4) is 5.75 Å². The molecule has 0 aromatic heterocycles. The largest absolute Gasteiger partial charge is 0.591 e. The zero-order valence-corrected chi connectivity index (χ0v) is 24.4. The number of carbonyl (C=O) groups excluding carboxylic acids is 5. The maximum atomic E-state index is 14.2. The second-order valence-corrected chi connectivity index (χ2v) is 10.7. The van der Waals surface area contributed by atoms with Gasteiger partial charge in [-0.1, -0.05) is 26.0 Å². The van der Waals surface area contributed by atoms with Gasteiger partial charge in [0.05, 0.1) is 24.2 Å². The summed E-state index contributed by atoms with van der Waals surface area (Å²) in [5, 5.41) is 0. The topological polar surface area (TPSA) is 134 Å². The second kappa shape index (κ2) is 12.7. The van der Waals surface area contributed by atoms with Crippen molar-refractivity contribution in [2.75, 3.05) is 13.7 Å². The minimum absolute atomic E-state index is 0.115. The molecule has 0 aliphatic heterocycles.